The Balaban J connectivity index is 2.31. The number of thioether (sulfide) groups is 1. The van der Waals surface area contributed by atoms with E-state index >= 15 is 0 Å². The highest BCUT2D eigenvalue weighted by Gasteiger charge is 2.14. The predicted octanol–water partition coefficient (Wildman–Crippen LogP) is 4.02. The highest BCUT2D eigenvalue weighted by molar-refractivity contribution is 7.99. The van der Waals surface area contributed by atoms with Crippen molar-refractivity contribution in [2.45, 2.75) is 25.5 Å². The van der Waals surface area contributed by atoms with Crippen LogP contribution in [-0.2, 0) is 16.1 Å². The average Bonchev–Trinajstić information content (AvgIpc) is 2.74. The van der Waals surface area contributed by atoms with Gasteiger partial charge in [-0.05, 0) is 26.0 Å². The molecule has 7 heteroatoms. The molecule has 0 fully saturated rings. The summed E-state index contributed by atoms with van der Waals surface area (Å²) >= 11 is 13.4. The van der Waals surface area contributed by atoms with E-state index in [4.69, 9.17) is 27.9 Å². The van der Waals surface area contributed by atoms with E-state index in [9.17, 15) is 4.79 Å². The van der Waals surface area contributed by atoms with Crippen LogP contribution in [0.4, 0.5) is 0 Å². The summed E-state index contributed by atoms with van der Waals surface area (Å²) in [5.74, 6) is -0.0122. The van der Waals surface area contributed by atoms with Gasteiger partial charge in [0.05, 0.1) is 33.4 Å². The molecule has 2 aromatic rings. The monoisotopic (exact) mass is 332 g/mol. The molecule has 1 aromatic carbocycles. The molecule has 1 heterocycles. The molecule has 20 heavy (non-hydrogen) atoms. The number of imidazole rings is 1. The van der Waals surface area contributed by atoms with Crippen molar-refractivity contribution in [2.24, 2.45) is 0 Å². The molecule has 1 aromatic heterocycles. The number of halogens is 2. The molecule has 108 valence electrons. The maximum absolute atomic E-state index is 11.4. The second-order valence-electron chi connectivity index (χ2n) is 3.99. The standard InChI is InChI=1S/C13H14Cl2N2O2S/c1-3-17-11-6-9(15)8(14)5-10(11)16-13(17)20-7-12(18)19-4-2/h5-6H,3-4,7H2,1-2H3. The Bertz CT molecular complexity index is 643. The summed E-state index contributed by atoms with van der Waals surface area (Å²) in [6.45, 7) is 4.92. The van der Waals surface area contributed by atoms with Crippen molar-refractivity contribution in [1.29, 1.82) is 0 Å². The number of fused-ring (bicyclic) bond motifs is 1. The Kier molecular flexibility index (Phi) is 5.18. The summed E-state index contributed by atoms with van der Waals surface area (Å²) < 4.78 is 6.91. The average molecular weight is 333 g/mol. The number of esters is 1. The van der Waals surface area contributed by atoms with E-state index < -0.39 is 0 Å². The second kappa shape index (κ2) is 6.70. The molecule has 0 aliphatic rings. The first kappa shape index (κ1) is 15.5. The minimum atomic E-state index is -0.247. The number of nitrogens with zero attached hydrogens (tertiary/aromatic N) is 2. The van der Waals surface area contributed by atoms with Crippen LogP contribution >= 0.6 is 35.0 Å². The largest absolute Gasteiger partial charge is 0.465 e. The number of hydrogen-bond acceptors (Lipinski definition) is 4. The van der Waals surface area contributed by atoms with Gasteiger partial charge in [0.25, 0.3) is 0 Å². The maximum Gasteiger partial charge on any atom is 0.316 e. The third-order valence-corrected chi connectivity index (χ3v) is 4.37. The topological polar surface area (TPSA) is 44.1 Å². The van der Waals surface area contributed by atoms with Crippen molar-refractivity contribution in [3.8, 4) is 0 Å². The third-order valence-electron chi connectivity index (χ3n) is 2.70. The van der Waals surface area contributed by atoms with Crippen LogP contribution < -0.4 is 0 Å². The molecule has 0 aliphatic carbocycles. The van der Waals surface area contributed by atoms with Gasteiger partial charge in [0.15, 0.2) is 5.16 Å². The number of carbonyl (C=O) groups excluding carboxylic acids is 1. The SMILES string of the molecule is CCOC(=O)CSc1nc2cc(Cl)c(Cl)cc2n1CC. The summed E-state index contributed by atoms with van der Waals surface area (Å²) in [5, 5.41) is 1.73. The zero-order valence-corrected chi connectivity index (χ0v) is 13.5. The van der Waals surface area contributed by atoms with E-state index in [1.807, 2.05) is 11.5 Å². The molecule has 0 saturated carbocycles. The maximum atomic E-state index is 11.4. The Labute approximate surface area is 131 Å². The van der Waals surface area contributed by atoms with E-state index in [1.165, 1.54) is 11.8 Å². The molecule has 0 aliphatic heterocycles. The lowest BCUT2D eigenvalue weighted by molar-refractivity contribution is -0.139. The Morgan fingerprint density at radius 2 is 2.05 bits per heavy atom. The first-order chi connectivity index (χ1) is 9.56. The zero-order chi connectivity index (χ0) is 14.7. The van der Waals surface area contributed by atoms with Crippen LogP contribution in [0.3, 0.4) is 0 Å². The van der Waals surface area contributed by atoms with E-state index in [-0.39, 0.29) is 11.7 Å². The molecule has 0 saturated heterocycles. The van der Waals surface area contributed by atoms with Crippen molar-refractivity contribution in [1.82, 2.24) is 9.55 Å². The molecule has 0 bridgehead atoms. The highest BCUT2D eigenvalue weighted by Crippen LogP contribution is 2.31. The first-order valence-electron chi connectivity index (χ1n) is 6.20. The van der Waals surface area contributed by atoms with Gasteiger partial charge in [0.2, 0.25) is 0 Å². The summed E-state index contributed by atoms with van der Waals surface area (Å²) in [4.78, 5) is 15.9. The van der Waals surface area contributed by atoms with Gasteiger partial charge in [-0.15, -0.1) is 0 Å². The Hall–Kier alpha value is -0.910. The van der Waals surface area contributed by atoms with E-state index in [0.29, 0.717) is 16.7 Å². The van der Waals surface area contributed by atoms with Crippen LogP contribution in [-0.4, -0.2) is 27.9 Å². The lowest BCUT2D eigenvalue weighted by Crippen LogP contribution is -2.07. The fourth-order valence-corrected chi connectivity index (χ4v) is 3.03. The molecule has 0 unspecified atom stereocenters. The van der Waals surface area contributed by atoms with Crippen LogP contribution in [0.1, 0.15) is 13.8 Å². The van der Waals surface area contributed by atoms with Gasteiger partial charge < -0.3 is 9.30 Å². The molecular weight excluding hydrogens is 319 g/mol. The van der Waals surface area contributed by atoms with Gasteiger partial charge in [-0.3, -0.25) is 4.79 Å². The normalized spacial score (nSPS) is 11.0. The molecule has 0 atom stereocenters. The minimum absolute atomic E-state index is 0.235. The number of ether oxygens (including phenoxy) is 1. The lowest BCUT2D eigenvalue weighted by atomic mass is 10.3. The number of hydrogen-bond donors (Lipinski definition) is 0. The first-order valence-corrected chi connectivity index (χ1v) is 7.94. The number of benzene rings is 1. The number of aryl methyl sites for hydroxylation is 1. The molecular formula is C13H14Cl2N2O2S. The molecule has 0 N–H and O–H groups in total. The van der Waals surface area contributed by atoms with Crippen molar-refractivity contribution in [2.75, 3.05) is 12.4 Å². The summed E-state index contributed by atoms with van der Waals surface area (Å²) in [5.41, 5.74) is 1.68. The summed E-state index contributed by atoms with van der Waals surface area (Å²) in [6, 6.07) is 3.53. The lowest BCUT2D eigenvalue weighted by Gasteiger charge is -2.05. The fraction of sp³-hybridized carbons (Fsp3) is 0.385. The van der Waals surface area contributed by atoms with Crippen LogP contribution in [0.15, 0.2) is 17.3 Å². The van der Waals surface area contributed by atoms with Gasteiger partial charge in [0, 0.05) is 6.54 Å². The van der Waals surface area contributed by atoms with Gasteiger partial charge in [-0.2, -0.15) is 0 Å². The molecule has 4 nitrogen and oxygen atoms in total. The number of carbonyl (C=O) groups is 1. The fourth-order valence-electron chi connectivity index (χ4n) is 1.84. The van der Waals surface area contributed by atoms with Crippen LogP contribution in [0.2, 0.25) is 10.0 Å². The zero-order valence-electron chi connectivity index (χ0n) is 11.2. The second-order valence-corrected chi connectivity index (χ2v) is 5.74. The van der Waals surface area contributed by atoms with Crippen molar-refractivity contribution < 1.29 is 9.53 Å². The van der Waals surface area contributed by atoms with E-state index in [1.54, 1.807) is 19.1 Å². The predicted molar refractivity (Wildman–Crippen MR) is 82.8 cm³/mol. The summed E-state index contributed by atoms with van der Waals surface area (Å²) in [6.07, 6.45) is 0. The van der Waals surface area contributed by atoms with Gasteiger partial charge in [-0.25, -0.2) is 4.98 Å². The van der Waals surface area contributed by atoms with Crippen molar-refractivity contribution in [3.05, 3.63) is 22.2 Å². The smallest absolute Gasteiger partial charge is 0.316 e. The Morgan fingerprint density at radius 1 is 1.35 bits per heavy atom. The van der Waals surface area contributed by atoms with E-state index in [2.05, 4.69) is 4.98 Å². The van der Waals surface area contributed by atoms with Crippen molar-refractivity contribution in [3.63, 3.8) is 0 Å². The molecule has 0 radical (unpaired) electrons. The van der Waals surface area contributed by atoms with Gasteiger partial charge in [-0.1, -0.05) is 35.0 Å². The number of aromatic nitrogens is 2. The summed E-state index contributed by atoms with van der Waals surface area (Å²) in [7, 11) is 0. The number of rotatable bonds is 5. The highest BCUT2D eigenvalue weighted by atomic mass is 35.5. The quantitative estimate of drug-likeness (QED) is 0.612. The van der Waals surface area contributed by atoms with Crippen LogP contribution in [0.5, 0.6) is 0 Å². The van der Waals surface area contributed by atoms with Crippen LogP contribution in [0, 0.1) is 0 Å². The van der Waals surface area contributed by atoms with E-state index in [0.717, 1.165) is 22.7 Å². The Morgan fingerprint density at radius 3 is 2.70 bits per heavy atom. The van der Waals surface area contributed by atoms with Crippen LogP contribution in [0.25, 0.3) is 11.0 Å². The van der Waals surface area contributed by atoms with Crippen molar-refractivity contribution >= 4 is 52.0 Å². The minimum Gasteiger partial charge on any atom is -0.465 e. The molecule has 0 amide bonds. The van der Waals surface area contributed by atoms with Gasteiger partial charge in [0.1, 0.15) is 0 Å². The van der Waals surface area contributed by atoms with Gasteiger partial charge >= 0.3 is 5.97 Å². The third kappa shape index (κ3) is 3.22. The molecule has 0 spiro atoms. The molecule has 2 rings (SSSR count).